The van der Waals surface area contributed by atoms with Crippen molar-refractivity contribution in [1.82, 2.24) is 4.98 Å². The summed E-state index contributed by atoms with van der Waals surface area (Å²) in [6, 6.07) is 2.06. The zero-order valence-corrected chi connectivity index (χ0v) is 6.96. The molecule has 1 N–H and O–H groups in total. The lowest BCUT2D eigenvalue weighted by Gasteiger charge is -1.75. The Hall–Kier alpha value is -1.24. The molecule has 1 aromatic heterocycles. The van der Waals surface area contributed by atoms with Crippen molar-refractivity contribution in [2.45, 2.75) is 13.8 Å². The molecule has 1 heterocycles. The maximum Gasteiger partial charge on any atom is 0.0450 e. The molecule has 11 heavy (non-hydrogen) atoms. The monoisotopic (exact) mass is 147 g/mol. The third-order valence-corrected chi connectivity index (χ3v) is 1.58. The molecule has 0 bridgehead atoms. The van der Waals surface area contributed by atoms with Crippen molar-refractivity contribution < 1.29 is 0 Å². The van der Waals surface area contributed by atoms with Gasteiger partial charge in [0.25, 0.3) is 0 Å². The number of H-pyrrole nitrogens is 1. The van der Waals surface area contributed by atoms with Crippen molar-refractivity contribution in [2.24, 2.45) is 0 Å². The predicted octanol–water partition coefficient (Wildman–Crippen LogP) is 1.17. The van der Waals surface area contributed by atoms with Crippen LogP contribution >= 0.6 is 0 Å². The maximum absolute atomic E-state index is 3.15. The van der Waals surface area contributed by atoms with Gasteiger partial charge < -0.3 is 4.98 Å². The largest absolute Gasteiger partial charge is 0.361 e. The molecule has 0 radical (unpaired) electrons. The van der Waals surface area contributed by atoms with E-state index in [4.69, 9.17) is 0 Å². The first-order valence-corrected chi connectivity index (χ1v) is 3.81. The highest BCUT2D eigenvalue weighted by molar-refractivity contribution is 5.36. The lowest BCUT2D eigenvalue weighted by molar-refractivity contribution is 1.32. The Kier molecular flexibility index (Phi) is 2.73. The Morgan fingerprint density at radius 2 is 2.18 bits per heavy atom. The van der Waals surface area contributed by atoms with Crippen LogP contribution < -0.4 is 10.6 Å². The lowest BCUT2D eigenvalue weighted by Crippen LogP contribution is -2.20. The quantitative estimate of drug-likeness (QED) is 0.613. The molecule has 0 aliphatic heterocycles. The molecule has 58 valence electrons. The van der Waals surface area contributed by atoms with E-state index in [-0.39, 0.29) is 0 Å². The van der Waals surface area contributed by atoms with Gasteiger partial charge in [0, 0.05) is 11.5 Å². The zero-order valence-electron chi connectivity index (χ0n) is 6.96. The number of aromatic amines is 1. The first kappa shape index (κ1) is 7.86. The minimum Gasteiger partial charge on any atom is -0.361 e. The summed E-state index contributed by atoms with van der Waals surface area (Å²) in [6.07, 6.45) is 10.1. The van der Waals surface area contributed by atoms with Gasteiger partial charge in [0.05, 0.1) is 0 Å². The van der Waals surface area contributed by atoms with Gasteiger partial charge in [0.15, 0.2) is 0 Å². The molecule has 0 spiro atoms. The van der Waals surface area contributed by atoms with E-state index < -0.39 is 0 Å². The number of nitrogens with one attached hydrogen (secondary N) is 1. The second-order valence-corrected chi connectivity index (χ2v) is 2.33. The zero-order chi connectivity index (χ0) is 8.10. The molecular weight excluding hydrogens is 134 g/mol. The van der Waals surface area contributed by atoms with Gasteiger partial charge >= 0.3 is 0 Å². The van der Waals surface area contributed by atoms with Gasteiger partial charge in [-0.2, -0.15) is 0 Å². The number of allylic oxidation sites excluding steroid dienone is 2. The summed E-state index contributed by atoms with van der Waals surface area (Å²) in [5.74, 6) is 0. The molecule has 0 saturated carbocycles. The van der Waals surface area contributed by atoms with E-state index in [1.54, 1.807) is 0 Å². The van der Waals surface area contributed by atoms with Gasteiger partial charge in [0.2, 0.25) is 0 Å². The predicted molar refractivity (Wildman–Crippen MR) is 49.5 cm³/mol. The van der Waals surface area contributed by atoms with Gasteiger partial charge in [-0.1, -0.05) is 18.2 Å². The highest BCUT2D eigenvalue weighted by Crippen LogP contribution is 1.70. The van der Waals surface area contributed by atoms with Crippen LogP contribution in [-0.2, 0) is 0 Å². The van der Waals surface area contributed by atoms with E-state index in [9.17, 15) is 0 Å². The molecule has 0 aliphatic carbocycles. The van der Waals surface area contributed by atoms with Crippen molar-refractivity contribution in [3.05, 3.63) is 35.0 Å². The molecule has 0 saturated heterocycles. The van der Waals surface area contributed by atoms with Crippen LogP contribution in [0.15, 0.2) is 24.4 Å². The highest BCUT2D eigenvalue weighted by atomic mass is 14.6. The number of hydrogen-bond acceptors (Lipinski definition) is 0. The van der Waals surface area contributed by atoms with E-state index in [0.717, 1.165) is 0 Å². The highest BCUT2D eigenvalue weighted by Gasteiger charge is 1.79. The van der Waals surface area contributed by atoms with Crippen LogP contribution in [0.25, 0.3) is 12.2 Å². The van der Waals surface area contributed by atoms with E-state index in [1.165, 1.54) is 10.6 Å². The standard InChI is InChI=1S/C10H13N/c1-3-5-6-10-9(4-2)7-8-11-10/h3-8,11H,1-2H3/b5-3+,9-4-,10-6+. The molecule has 1 rings (SSSR count). The van der Waals surface area contributed by atoms with Gasteiger partial charge in [-0.05, 0) is 31.2 Å². The van der Waals surface area contributed by atoms with Crippen LogP contribution in [-0.4, -0.2) is 4.98 Å². The van der Waals surface area contributed by atoms with Crippen LogP contribution in [0.2, 0.25) is 0 Å². The normalized spacial score (nSPS) is 15.1. The first-order valence-electron chi connectivity index (χ1n) is 3.81. The van der Waals surface area contributed by atoms with E-state index in [0.29, 0.717) is 0 Å². The Labute approximate surface area is 66.8 Å². The van der Waals surface area contributed by atoms with Crippen molar-refractivity contribution in [2.75, 3.05) is 0 Å². The van der Waals surface area contributed by atoms with Crippen molar-refractivity contribution >= 4 is 12.2 Å². The van der Waals surface area contributed by atoms with Crippen molar-refractivity contribution in [3.63, 3.8) is 0 Å². The van der Waals surface area contributed by atoms with Crippen LogP contribution in [0.5, 0.6) is 0 Å². The molecule has 0 aliphatic rings. The van der Waals surface area contributed by atoms with Crippen LogP contribution in [0.3, 0.4) is 0 Å². The second-order valence-electron chi connectivity index (χ2n) is 2.33. The van der Waals surface area contributed by atoms with Crippen molar-refractivity contribution in [3.8, 4) is 0 Å². The molecular formula is C10H13N. The summed E-state index contributed by atoms with van der Waals surface area (Å²) in [6.45, 7) is 4.05. The molecule has 0 aromatic carbocycles. The SMILES string of the molecule is C/C=c1/cc[nH]/c1=C/C=C/C. The van der Waals surface area contributed by atoms with Gasteiger partial charge in [-0.15, -0.1) is 0 Å². The molecule has 1 heteroatoms. The summed E-state index contributed by atoms with van der Waals surface area (Å²) in [5.41, 5.74) is 0. The second kappa shape index (κ2) is 3.81. The minimum atomic E-state index is 1.17. The number of hydrogen-bond donors (Lipinski definition) is 1. The minimum absolute atomic E-state index is 1.17. The smallest absolute Gasteiger partial charge is 0.0450 e. The molecule has 0 atom stereocenters. The third-order valence-electron chi connectivity index (χ3n) is 1.58. The summed E-state index contributed by atoms with van der Waals surface area (Å²) < 4.78 is 0. The summed E-state index contributed by atoms with van der Waals surface area (Å²) in [5, 5.41) is 2.42. The van der Waals surface area contributed by atoms with E-state index in [2.05, 4.69) is 23.2 Å². The molecule has 1 nitrogen and oxygen atoms in total. The molecule has 0 unspecified atom stereocenters. The average Bonchev–Trinajstić information content (AvgIpc) is 2.47. The topological polar surface area (TPSA) is 15.8 Å². The van der Waals surface area contributed by atoms with Gasteiger partial charge in [-0.25, -0.2) is 0 Å². The van der Waals surface area contributed by atoms with Gasteiger partial charge in [-0.3, -0.25) is 0 Å². The van der Waals surface area contributed by atoms with Crippen LogP contribution in [0, 0.1) is 0 Å². The number of aromatic nitrogens is 1. The van der Waals surface area contributed by atoms with Gasteiger partial charge in [0.1, 0.15) is 0 Å². The Bertz CT molecular complexity index is 341. The summed E-state index contributed by atoms with van der Waals surface area (Å²) in [4.78, 5) is 3.15. The van der Waals surface area contributed by atoms with E-state index in [1.807, 2.05) is 32.2 Å². The lowest BCUT2D eigenvalue weighted by atomic mass is 10.3. The van der Waals surface area contributed by atoms with Crippen LogP contribution in [0.1, 0.15) is 13.8 Å². The average molecular weight is 147 g/mol. The Balaban J connectivity index is 3.23. The molecule has 0 amide bonds. The Morgan fingerprint density at radius 1 is 1.36 bits per heavy atom. The van der Waals surface area contributed by atoms with Crippen LogP contribution in [0.4, 0.5) is 0 Å². The third kappa shape index (κ3) is 1.84. The fourth-order valence-corrected chi connectivity index (χ4v) is 0.983. The number of rotatable bonds is 1. The first-order chi connectivity index (χ1) is 5.38. The fourth-order valence-electron chi connectivity index (χ4n) is 0.983. The summed E-state index contributed by atoms with van der Waals surface area (Å²) in [7, 11) is 0. The Morgan fingerprint density at radius 3 is 2.82 bits per heavy atom. The fraction of sp³-hybridized carbons (Fsp3) is 0.200. The summed E-state index contributed by atoms with van der Waals surface area (Å²) >= 11 is 0. The maximum atomic E-state index is 3.15. The van der Waals surface area contributed by atoms with E-state index >= 15 is 0 Å². The molecule has 0 fully saturated rings. The van der Waals surface area contributed by atoms with Crippen molar-refractivity contribution in [1.29, 1.82) is 0 Å². The molecule has 1 aromatic rings.